The molecule has 0 unspecified atom stereocenters. The molecule has 0 amide bonds. The highest BCUT2D eigenvalue weighted by Gasteiger charge is 2.09. The van der Waals surface area contributed by atoms with E-state index in [0.717, 1.165) is 23.8 Å². The van der Waals surface area contributed by atoms with Crippen molar-refractivity contribution < 1.29 is 4.79 Å². The lowest BCUT2D eigenvalue weighted by molar-refractivity contribution is 0.101. The second-order valence-corrected chi connectivity index (χ2v) is 4.74. The van der Waals surface area contributed by atoms with Crippen LogP contribution in [0.3, 0.4) is 0 Å². The average Bonchev–Trinajstić information content (AvgIpc) is 2.45. The van der Waals surface area contributed by atoms with Crippen LogP contribution in [0.25, 0.3) is 0 Å². The summed E-state index contributed by atoms with van der Waals surface area (Å²) in [6, 6.07) is 9.57. The summed E-state index contributed by atoms with van der Waals surface area (Å²) >= 11 is 0. The zero-order valence-electron chi connectivity index (χ0n) is 12.1. The summed E-state index contributed by atoms with van der Waals surface area (Å²) in [4.78, 5) is 22.4. The fourth-order valence-electron chi connectivity index (χ4n) is 2.05. The maximum atomic E-state index is 11.5. The minimum atomic E-state index is 0.0541. The van der Waals surface area contributed by atoms with Crippen LogP contribution < -0.4 is 4.90 Å². The maximum Gasteiger partial charge on any atom is 0.159 e. The van der Waals surface area contributed by atoms with Gasteiger partial charge in [-0.1, -0.05) is 6.07 Å². The molecule has 2 rings (SSSR count). The van der Waals surface area contributed by atoms with Gasteiger partial charge < -0.3 is 4.90 Å². The van der Waals surface area contributed by atoms with Crippen molar-refractivity contribution in [3.63, 3.8) is 0 Å². The summed E-state index contributed by atoms with van der Waals surface area (Å²) in [7, 11) is 0. The van der Waals surface area contributed by atoms with Crippen LogP contribution in [-0.2, 0) is 6.54 Å². The first-order chi connectivity index (χ1) is 9.60. The Labute approximate surface area is 119 Å². The Morgan fingerprint density at radius 3 is 2.75 bits per heavy atom. The number of ketones is 1. The van der Waals surface area contributed by atoms with Gasteiger partial charge in [0.15, 0.2) is 5.78 Å². The van der Waals surface area contributed by atoms with Gasteiger partial charge in [0.2, 0.25) is 0 Å². The average molecular weight is 269 g/mol. The van der Waals surface area contributed by atoms with Crippen LogP contribution in [0.4, 0.5) is 5.82 Å². The minimum Gasteiger partial charge on any atom is -0.351 e. The van der Waals surface area contributed by atoms with Gasteiger partial charge in [0.05, 0.1) is 12.2 Å². The van der Waals surface area contributed by atoms with Gasteiger partial charge in [-0.3, -0.25) is 9.78 Å². The largest absolute Gasteiger partial charge is 0.351 e. The highest BCUT2D eigenvalue weighted by Crippen LogP contribution is 2.15. The SMILES string of the molecule is CCN(Cc1cccc(C)n1)c1cc(C(C)=O)ccn1. The Morgan fingerprint density at radius 1 is 1.30 bits per heavy atom. The van der Waals surface area contributed by atoms with E-state index in [2.05, 4.69) is 21.8 Å². The zero-order valence-corrected chi connectivity index (χ0v) is 12.1. The molecule has 0 bridgehead atoms. The van der Waals surface area contributed by atoms with Crippen molar-refractivity contribution in [3.05, 3.63) is 53.5 Å². The van der Waals surface area contributed by atoms with Crippen molar-refractivity contribution in [1.82, 2.24) is 9.97 Å². The van der Waals surface area contributed by atoms with Gasteiger partial charge in [0.25, 0.3) is 0 Å². The predicted octanol–water partition coefficient (Wildman–Crippen LogP) is 3.01. The van der Waals surface area contributed by atoms with Gasteiger partial charge >= 0.3 is 0 Å². The van der Waals surface area contributed by atoms with Crippen molar-refractivity contribution in [3.8, 4) is 0 Å². The monoisotopic (exact) mass is 269 g/mol. The zero-order chi connectivity index (χ0) is 14.5. The molecule has 4 nitrogen and oxygen atoms in total. The molecule has 0 aliphatic rings. The quantitative estimate of drug-likeness (QED) is 0.783. The molecular weight excluding hydrogens is 250 g/mol. The first-order valence-corrected chi connectivity index (χ1v) is 6.74. The summed E-state index contributed by atoms with van der Waals surface area (Å²) in [6.07, 6.45) is 1.68. The van der Waals surface area contributed by atoms with Gasteiger partial charge in [0, 0.05) is 24.0 Å². The van der Waals surface area contributed by atoms with Crippen LogP contribution >= 0.6 is 0 Å². The molecule has 0 radical (unpaired) electrons. The van der Waals surface area contributed by atoms with Crippen LogP contribution in [-0.4, -0.2) is 22.3 Å². The smallest absolute Gasteiger partial charge is 0.159 e. The molecule has 0 N–H and O–H groups in total. The van der Waals surface area contributed by atoms with Gasteiger partial charge in [-0.05, 0) is 45.0 Å². The summed E-state index contributed by atoms with van der Waals surface area (Å²) in [5, 5.41) is 0. The topological polar surface area (TPSA) is 46.1 Å². The fraction of sp³-hybridized carbons (Fsp3) is 0.312. The number of aryl methyl sites for hydroxylation is 1. The Morgan fingerprint density at radius 2 is 2.10 bits per heavy atom. The number of carbonyl (C=O) groups is 1. The number of nitrogens with zero attached hydrogens (tertiary/aromatic N) is 3. The van der Waals surface area contributed by atoms with Crippen LogP contribution in [0.15, 0.2) is 36.5 Å². The molecule has 0 saturated heterocycles. The molecule has 0 aromatic carbocycles. The van der Waals surface area contributed by atoms with E-state index in [1.807, 2.05) is 31.2 Å². The standard InChI is InChI=1S/C16H19N3O/c1-4-19(11-15-7-5-6-12(2)18-15)16-10-14(13(3)20)8-9-17-16/h5-10H,4,11H2,1-3H3. The van der Waals surface area contributed by atoms with Crippen LogP contribution in [0.5, 0.6) is 0 Å². The Balaban J connectivity index is 2.24. The maximum absolute atomic E-state index is 11.5. The summed E-state index contributed by atoms with van der Waals surface area (Å²) in [5.74, 6) is 0.863. The lowest BCUT2D eigenvalue weighted by Gasteiger charge is -2.22. The lowest BCUT2D eigenvalue weighted by atomic mass is 10.2. The summed E-state index contributed by atoms with van der Waals surface area (Å²) in [5.41, 5.74) is 2.69. The van der Waals surface area contributed by atoms with Gasteiger partial charge in [-0.25, -0.2) is 4.98 Å². The van der Waals surface area contributed by atoms with Crippen molar-refractivity contribution in [2.45, 2.75) is 27.3 Å². The molecule has 0 spiro atoms. The number of hydrogen-bond donors (Lipinski definition) is 0. The summed E-state index contributed by atoms with van der Waals surface area (Å²) < 4.78 is 0. The molecule has 0 fully saturated rings. The number of anilines is 1. The van der Waals surface area contributed by atoms with E-state index in [0.29, 0.717) is 12.1 Å². The van der Waals surface area contributed by atoms with Crippen LogP contribution in [0, 0.1) is 6.92 Å². The Hall–Kier alpha value is -2.23. The predicted molar refractivity (Wildman–Crippen MR) is 79.9 cm³/mol. The van der Waals surface area contributed by atoms with Crippen molar-refractivity contribution in [1.29, 1.82) is 0 Å². The molecule has 20 heavy (non-hydrogen) atoms. The molecule has 0 aliphatic heterocycles. The van der Waals surface area contributed by atoms with Crippen molar-refractivity contribution in [2.75, 3.05) is 11.4 Å². The summed E-state index contributed by atoms with van der Waals surface area (Å²) in [6.45, 7) is 7.11. The molecular formula is C16H19N3O. The van der Waals surface area contributed by atoms with Crippen LogP contribution in [0.1, 0.15) is 35.6 Å². The van der Waals surface area contributed by atoms with Crippen molar-refractivity contribution >= 4 is 11.6 Å². The van der Waals surface area contributed by atoms with Gasteiger partial charge in [-0.2, -0.15) is 0 Å². The first-order valence-electron chi connectivity index (χ1n) is 6.74. The number of hydrogen-bond acceptors (Lipinski definition) is 4. The molecule has 104 valence electrons. The van der Waals surface area contributed by atoms with E-state index < -0.39 is 0 Å². The second kappa shape index (κ2) is 6.28. The molecule has 2 aromatic heterocycles. The van der Waals surface area contributed by atoms with E-state index in [-0.39, 0.29) is 5.78 Å². The highest BCUT2D eigenvalue weighted by molar-refractivity contribution is 5.94. The van der Waals surface area contributed by atoms with Crippen LogP contribution in [0.2, 0.25) is 0 Å². The number of carbonyl (C=O) groups excluding carboxylic acids is 1. The Kier molecular flexibility index (Phi) is 4.45. The van der Waals surface area contributed by atoms with E-state index in [9.17, 15) is 4.79 Å². The fourth-order valence-corrected chi connectivity index (χ4v) is 2.05. The van der Waals surface area contributed by atoms with E-state index in [1.165, 1.54) is 0 Å². The minimum absolute atomic E-state index is 0.0541. The molecule has 4 heteroatoms. The highest BCUT2D eigenvalue weighted by atomic mass is 16.1. The third kappa shape index (κ3) is 3.41. The number of pyridine rings is 2. The van der Waals surface area contributed by atoms with Gasteiger partial charge in [-0.15, -0.1) is 0 Å². The van der Waals surface area contributed by atoms with Gasteiger partial charge in [0.1, 0.15) is 5.82 Å². The molecule has 2 heterocycles. The number of aromatic nitrogens is 2. The van der Waals surface area contributed by atoms with E-state index in [4.69, 9.17) is 0 Å². The lowest BCUT2D eigenvalue weighted by Crippen LogP contribution is -2.24. The number of rotatable bonds is 5. The van der Waals surface area contributed by atoms with E-state index >= 15 is 0 Å². The molecule has 0 saturated carbocycles. The third-order valence-corrected chi connectivity index (χ3v) is 3.16. The molecule has 2 aromatic rings. The Bertz CT molecular complexity index is 610. The molecule has 0 aliphatic carbocycles. The third-order valence-electron chi connectivity index (χ3n) is 3.16. The van der Waals surface area contributed by atoms with Crippen molar-refractivity contribution in [2.24, 2.45) is 0 Å². The number of Topliss-reactive ketones (excluding diaryl/α,β-unsaturated/α-hetero) is 1. The van der Waals surface area contributed by atoms with E-state index in [1.54, 1.807) is 19.2 Å². The first kappa shape index (κ1) is 14.2. The normalized spacial score (nSPS) is 10.3. The second-order valence-electron chi connectivity index (χ2n) is 4.74. The molecule has 0 atom stereocenters.